The van der Waals surface area contributed by atoms with Gasteiger partial charge in [0, 0.05) is 58.2 Å². The van der Waals surface area contributed by atoms with E-state index in [0.717, 1.165) is 0 Å². The number of nitrogens with zero attached hydrogens (tertiary/aromatic N) is 4. The van der Waals surface area contributed by atoms with E-state index in [9.17, 15) is 0 Å². The lowest BCUT2D eigenvalue weighted by Gasteiger charge is -2.70. The molecule has 0 unspecified atom stereocenters. The molecule has 4 heteroatoms. The minimum absolute atomic E-state index is 0.255. The summed E-state index contributed by atoms with van der Waals surface area (Å²) in [6, 6.07) is 11.2. The number of hydrogen-bond donors (Lipinski definition) is 0. The topological polar surface area (TPSA) is 9.72 Å². The summed E-state index contributed by atoms with van der Waals surface area (Å²) >= 11 is 0. The van der Waals surface area contributed by atoms with Crippen LogP contribution in [0, 0.1) is 0 Å². The van der Waals surface area contributed by atoms with Crippen molar-refractivity contribution in [3.63, 3.8) is 0 Å². The smallest absolute Gasteiger partial charge is 0.182 e. The molecule has 4 saturated heterocycles. The van der Waals surface area contributed by atoms with Gasteiger partial charge in [-0.25, -0.2) is 4.90 Å². The Bertz CT molecular complexity index is 599. The summed E-state index contributed by atoms with van der Waals surface area (Å²) in [5, 5.41) is 0. The molecule has 0 aliphatic carbocycles. The standard InChI is InChI=1S/C20H31N4/c1-20-19-21-9-5-10-22(19)14-16-24(20,15-6-11-23(20)13-12-21)17-18-7-3-2-4-8-18/h2-4,7-8,19H,5-6,9-17H2,1H3/q+1/t19-,20+,24+/m0/s1. The lowest BCUT2D eigenvalue weighted by atomic mass is 9.86. The Hall–Kier alpha value is -0.940. The van der Waals surface area contributed by atoms with Gasteiger partial charge in [-0.1, -0.05) is 30.3 Å². The van der Waals surface area contributed by atoms with Gasteiger partial charge in [0.15, 0.2) is 5.66 Å². The number of benzene rings is 1. The predicted octanol–water partition coefficient (Wildman–Crippen LogP) is 1.79. The Kier molecular flexibility index (Phi) is 3.53. The van der Waals surface area contributed by atoms with Crippen LogP contribution in [0.2, 0.25) is 0 Å². The summed E-state index contributed by atoms with van der Waals surface area (Å²) in [6.45, 7) is 14.2. The van der Waals surface area contributed by atoms with Gasteiger partial charge >= 0.3 is 0 Å². The van der Waals surface area contributed by atoms with Crippen LogP contribution in [0.4, 0.5) is 0 Å². The van der Waals surface area contributed by atoms with Crippen LogP contribution in [0.15, 0.2) is 30.3 Å². The zero-order chi connectivity index (χ0) is 16.2. The SMILES string of the molecule is C[C@]12[C@H]3N4CCCN3CC[N@@+]1(Cc1ccccc1)CCCN2CC4. The molecule has 0 bridgehead atoms. The Morgan fingerprint density at radius 2 is 1.71 bits per heavy atom. The molecular formula is C20H31N4+. The van der Waals surface area contributed by atoms with Crippen molar-refractivity contribution >= 4 is 0 Å². The molecule has 24 heavy (non-hydrogen) atoms. The summed E-state index contributed by atoms with van der Waals surface area (Å²) in [5.41, 5.74) is 1.77. The van der Waals surface area contributed by atoms with Crippen molar-refractivity contribution in [1.82, 2.24) is 14.7 Å². The molecule has 4 nitrogen and oxygen atoms in total. The van der Waals surface area contributed by atoms with Crippen LogP contribution in [0.1, 0.15) is 25.3 Å². The molecule has 4 heterocycles. The fourth-order valence-corrected chi connectivity index (χ4v) is 6.33. The molecule has 4 fully saturated rings. The highest BCUT2D eigenvalue weighted by Gasteiger charge is 2.65. The minimum Gasteiger partial charge on any atom is -0.299 e. The molecule has 0 amide bonds. The van der Waals surface area contributed by atoms with E-state index in [-0.39, 0.29) is 5.66 Å². The molecule has 0 spiro atoms. The second-order valence-corrected chi connectivity index (χ2v) is 8.47. The van der Waals surface area contributed by atoms with E-state index in [1.165, 1.54) is 81.8 Å². The van der Waals surface area contributed by atoms with Gasteiger partial charge in [-0.15, -0.1) is 0 Å². The van der Waals surface area contributed by atoms with Crippen molar-refractivity contribution in [2.45, 2.75) is 38.1 Å². The second kappa shape index (κ2) is 5.53. The third-order valence-electron chi connectivity index (χ3n) is 7.49. The van der Waals surface area contributed by atoms with Gasteiger partial charge in [0.25, 0.3) is 0 Å². The highest BCUT2D eigenvalue weighted by Crippen LogP contribution is 2.46. The first-order valence-corrected chi connectivity index (χ1v) is 9.86. The summed E-state index contributed by atoms with van der Waals surface area (Å²) in [5.74, 6) is 0. The molecule has 1 aromatic carbocycles. The number of hydrogen-bond acceptors (Lipinski definition) is 3. The van der Waals surface area contributed by atoms with Gasteiger partial charge < -0.3 is 0 Å². The van der Waals surface area contributed by atoms with Crippen LogP contribution >= 0.6 is 0 Å². The van der Waals surface area contributed by atoms with Crippen LogP contribution < -0.4 is 0 Å². The van der Waals surface area contributed by atoms with E-state index in [1.54, 1.807) is 0 Å². The van der Waals surface area contributed by atoms with E-state index in [4.69, 9.17) is 0 Å². The van der Waals surface area contributed by atoms with E-state index in [1.807, 2.05) is 0 Å². The van der Waals surface area contributed by atoms with E-state index in [0.29, 0.717) is 6.17 Å². The summed E-state index contributed by atoms with van der Waals surface area (Å²) in [4.78, 5) is 8.48. The van der Waals surface area contributed by atoms with Crippen molar-refractivity contribution in [1.29, 1.82) is 0 Å². The van der Waals surface area contributed by atoms with Crippen LogP contribution in [0.25, 0.3) is 0 Å². The quantitative estimate of drug-likeness (QED) is 0.767. The molecule has 0 aromatic heterocycles. The Morgan fingerprint density at radius 1 is 0.917 bits per heavy atom. The number of rotatable bonds is 2. The lowest BCUT2D eigenvalue weighted by Crippen LogP contribution is -2.88. The van der Waals surface area contributed by atoms with Crippen molar-refractivity contribution in [2.75, 3.05) is 52.4 Å². The van der Waals surface area contributed by atoms with E-state index < -0.39 is 0 Å². The van der Waals surface area contributed by atoms with Crippen molar-refractivity contribution in [2.24, 2.45) is 0 Å². The number of quaternary nitrogens is 1. The van der Waals surface area contributed by atoms with Crippen molar-refractivity contribution < 1.29 is 4.48 Å². The Labute approximate surface area is 146 Å². The summed E-state index contributed by atoms with van der Waals surface area (Å²) in [6.07, 6.45) is 3.33. The van der Waals surface area contributed by atoms with Crippen molar-refractivity contribution in [3.05, 3.63) is 35.9 Å². The Balaban J connectivity index is 1.58. The normalized spacial score (nSPS) is 40.3. The largest absolute Gasteiger partial charge is 0.299 e. The third kappa shape index (κ3) is 2.00. The first kappa shape index (κ1) is 15.3. The van der Waals surface area contributed by atoms with E-state index in [2.05, 4.69) is 52.0 Å². The molecule has 130 valence electrons. The average Bonchev–Trinajstić information content (AvgIpc) is 2.61. The minimum atomic E-state index is 0.255. The maximum Gasteiger partial charge on any atom is 0.182 e. The fourth-order valence-electron chi connectivity index (χ4n) is 6.33. The summed E-state index contributed by atoms with van der Waals surface area (Å²) < 4.78 is 1.27. The van der Waals surface area contributed by atoms with Crippen molar-refractivity contribution in [3.8, 4) is 0 Å². The molecule has 0 N–H and O–H groups in total. The van der Waals surface area contributed by atoms with Crippen LogP contribution in [0.5, 0.6) is 0 Å². The number of piperazine rings is 2. The molecule has 0 saturated carbocycles. The highest BCUT2D eigenvalue weighted by atomic mass is 15.6. The average molecular weight is 327 g/mol. The van der Waals surface area contributed by atoms with Gasteiger partial charge in [-0.2, -0.15) is 0 Å². The van der Waals surface area contributed by atoms with Crippen LogP contribution in [0.3, 0.4) is 0 Å². The van der Waals surface area contributed by atoms with Gasteiger partial charge in [-0.3, -0.25) is 14.3 Å². The molecule has 3 atom stereocenters. The van der Waals surface area contributed by atoms with Gasteiger partial charge in [0.05, 0.1) is 13.1 Å². The van der Waals surface area contributed by atoms with Gasteiger partial charge in [-0.05, 0) is 6.42 Å². The van der Waals surface area contributed by atoms with Crippen LogP contribution in [-0.2, 0) is 6.54 Å². The Morgan fingerprint density at radius 3 is 2.54 bits per heavy atom. The maximum atomic E-state index is 2.86. The molecule has 4 aliphatic heterocycles. The molecule has 4 aliphatic rings. The molecule has 5 rings (SSSR count). The lowest BCUT2D eigenvalue weighted by molar-refractivity contribution is -1.01. The predicted molar refractivity (Wildman–Crippen MR) is 96.3 cm³/mol. The molecule has 1 aromatic rings. The maximum absolute atomic E-state index is 2.86. The first-order valence-electron chi connectivity index (χ1n) is 9.86. The highest BCUT2D eigenvalue weighted by molar-refractivity contribution is 5.14. The molecule has 0 radical (unpaired) electrons. The molecular weight excluding hydrogens is 296 g/mol. The third-order valence-corrected chi connectivity index (χ3v) is 7.49. The summed E-state index contributed by atoms with van der Waals surface area (Å²) in [7, 11) is 0. The van der Waals surface area contributed by atoms with Gasteiger partial charge in [0.2, 0.25) is 0 Å². The first-order chi connectivity index (χ1) is 11.7. The zero-order valence-electron chi connectivity index (χ0n) is 15.0. The van der Waals surface area contributed by atoms with Gasteiger partial charge in [0.1, 0.15) is 12.7 Å². The second-order valence-electron chi connectivity index (χ2n) is 8.47. The zero-order valence-corrected chi connectivity index (χ0v) is 15.0. The van der Waals surface area contributed by atoms with E-state index >= 15 is 0 Å². The fraction of sp³-hybridized carbons (Fsp3) is 0.700. The monoisotopic (exact) mass is 327 g/mol. The van der Waals surface area contributed by atoms with Crippen LogP contribution in [-0.4, -0.2) is 83.4 Å².